The summed E-state index contributed by atoms with van der Waals surface area (Å²) in [4.78, 5) is 25.0. The van der Waals surface area contributed by atoms with Gasteiger partial charge in [-0.05, 0) is 67.4 Å². The summed E-state index contributed by atoms with van der Waals surface area (Å²) in [5.74, 6) is 0.547. The summed E-state index contributed by atoms with van der Waals surface area (Å²) in [6, 6.07) is 13.2. The Morgan fingerprint density at radius 1 is 0.975 bits per heavy atom. The highest BCUT2D eigenvalue weighted by atomic mass is 35.5. The predicted molar refractivity (Wildman–Crippen MR) is 157 cm³/mol. The molecular weight excluding hydrogens is 557 g/mol. The van der Waals surface area contributed by atoms with Crippen molar-refractivity contribution in [2.75, 3.05) is 32.2 Å². The minimum absolute atomic E-state index is 0.199. The SMILES string of the molecule is C=CCOc1ccc(C(=O)N/N=C/c2cc(Cl)c(OCC(=O)Nc3ccc(C)c(Cl)c3)c(OCC)c2)cc1OC. The zero-order valence-corrected chi connectivity index (χ0v) is 23.8. The quantitative estimate of drug-likeness (QED) is 0.143. The second kappa shape index (κ2) is 14.8. The Balaban J connectivity index is 1.66. The fourth-order valence-electron chi connectivity index (χ4n) is 3.38. The number of benzene rings is 3. The minimum atomic E-state index is -0.457. The maximum Gasteiger partial charge on any atom is 0.271 e. The smallest absolute Gasteiger partial charge is 0.271 e. The second-order valence-electron chi connectivity index (χ2n) is 8.23. The molecule has 3 rings (SSSR count). The number of ether oxygens (including phenoxy) is 4. The maximum absolute atomic E-state index is 12.6. The number of carbonyl (C=O) groups is 2. The van der Waals surface area contributed by atoms with E-state index >= 15 is 0 Å². The first-order valence-electron chi connectivity index (χ1n) is 12.2. The summed E-state index contributed by atoms with van der Waals surface area (Å²) in [5, 5.41) is 7.47. The number of hydrazone groups is 1. The third kappa shape index (κ3) is 8.39. The Labute approximate surface area is 242 Å². The standard InChI is InChI=1S/C29H29Cl2N3O6/c1-5-11-39-24-10-8-20(14-25(24)37-4)29(36)34-32-16-19-12-23(31)28(26(13-19)38-6-2)40-17-27(35)33-21-9-7-18(3)22(30)15-21/h5,7-10,12-16H,1,6,11,17H2,2-4H3,(H,33,35)(H,34,36)/b32-16+. The molecule has 0 radical (unpaired) electrons. The van der Waals surface area contributed by atoms with Gasteiger partial charge < -0.3 is 24.3 Å². The number of hydrogen-bond donors (Lipinski definition) is 2. The van der Waals surface area contributed by atoms with E-state index in [4.69, 9.17) is 42.1 Å². The number of hydrogen-bond acceptors (Lipinski definition) is 7. The minimum Gasteiger partial charge on any atom is -0.493 e. The number of nitrogens with one attached hydrogen (secondary N) is 2. The molecule has 0 aliphatic heterocycles. The van der Waals surface area contributed by atoms with Gasteiger partial charge in [-0.15, -0.1) is 0 Å². The molecule has 0 atom stereocenters. The van der Waals surface area contributed by atoms with Gasteiger partial charge in [0, 0.05) is 16.3 Å². The number of amides is 2. The van der Waals surface area contributed by atoms with E-state index in [1.165, 1.54) is 13.3 Å². The van der Waals surface area contributed by atoms with Crippen molar-refractivity contribution in [3.05, 3.63) is 87.9 Å². The molecule has 0 aliphatic rings. The summed E-state index contributed by atoms with van der Waals surface area (Å²) in [5.41, 5.74) is 4.76. The van der Waals surface area contributed by atoms with Gasteiger partial charge in [-0.1, -0.05) is 41.9 Å². The molecule has 11 heteroatoms. The van der Waals surface area contributed by atoms with Crippen LogP contribution in [-0.2, 0) is 4.79 Å². The van der Waals surface area contributed by atoms with Gasteiger partial charge in [0.15, 0.2) is 29.6 Å². The van der Waals surface area contributed by atoms with E-state index in [0.29, 0.717) is 52.3 Å². The molecule has 0 bridgehead atoms. The summed E-state index contributed by atoms with van der Waals surface area (Å²) in [6.07, 6.45) is 3.01. The molecule has 40 heavy (non-hydrogen) atoms. The van der Waals surface area contributed by atoms with Crippen LogP contribution in [0.25, 0.3) is 0 Å². The van der Waals surface area contributed by atoms with Crippen LogP contribution in [0.1, 0.15) is 28.4 Å². The van der Waals surface area contributed by atoms with Crippen molar-refractivity contribution in [3.63, 3.8) is 0 Å². The molecule has 2 N–H and O–H groups in total. The lowest BCUT2D eigenvalue weighted by molar-refractivity contribution is -0.118. The number of rotatable bonds is 13. The van der Waals surface area contributed by atoms with Crippen molar-refractivity contribution < 1.29 is 28.5 Å². The highest BCUT2D eigenvalue weighted by Gasteiger charge is 2.15. The van der Waals surface area contributed by atoms with Crippen LogP contribution in [0.5, 0.6) is 23.0 Å². The molecule has 2 amide bonds. The average Bonchev–Trinajstić information content (AvgIpc) is 2.93. The summed E-state index contributed by atoms with van der Waals surface area (Å²) >= 11 is 12.6. The molecule has 210 valence electrons. The van der Waals surface area contributed by atoms with Crippen molar-refractivity contribution in [1.82, 2.24) is 5.43 Å². The first kappa shape index (κ1) is 30.3. The zero-order valence-electron chi connectivity index (χ0n) is 22.3. The number of carbonyl (C=O) groups excluding carboxylic acids is 2. The van der Waals surface area contributed by atoms with E-state index in [1.807, 2.05) is 6.92 Å². The van der Waals surface area contributed by atoms with Crippen LogP contribution in [0.2, 0.25) is 10.0 Å². The highest BCUT2D eigenvalue weighted by Crippen LogP contribution is 2.36. The molecule has 9 nitrogen and oxygen atoms in total. The van der Waals surface area contributed by atoms with E-state index in [0.717, 1.165) is 5.56 Å². The molecule has 0 fully saturated rings. The van der Waals surface area contributed by atoms with Crippen molar-refractivity contribution >= 4 is 46.9 Å². The van der Waals surface area contributed by atoms with Gasteiger partial charge in [-0.25, -0.2) is 5.43 Å². The second-order valence-corrected chi connectivity index (χ2v) is 9.04. The number of anilines is 1. The van der Waals surface area contributed by atoms with Gasteiger partial charge in [0.25, 0.3) is 11.8 Å². The number of halogens is 2. The lowest BCUT2D eigenvalue weighted by atomic mass is 10.2. The molecule has 0 aromatic heterocycles. The molecule has 0 saturated carbocycles. The normalized spacial score (nSPS) is 10.6. The van der Waals surface area contributed by atoms with Crippen LogP contribution in [0.15, 0.2) is 66.3 Å². The average molecular weight is 586 g/mol. The first-order chi connectivity index (χ1) is 19.2. The van der Waals surface area contributed by atoms with Crippen molar-refractivity contribution in [1.29, 1.82) is 0 Å². The molecule has 0 aliphatic carbocycles. The Hall–Kier alpha value is -4.21. The van der Waals surface area contributed by atoms with Gasteiger partial charge in [0.1, 0.15) is 6.61 Å². The molecule has 0 saturated heterocycles. The summed E-state index contributed by atoms with van der Waals surface area (Å²) in [7, 11) is 1.48. The zero-order chi connectivity index (χ0) is 29.1. The number of nitrogens with zero attached hydrogens (tertiary/aromatic N) is 1. The van der Waals surface area contributed by atoms with Crippen LogP contribution < -0.4 is 29.7 Å². The van der Waals surface area contributed by atoms with Crippen molar-refractivity contribution in [2.45, 2.75) is 13.8 Å². The summed E-state index contributed by atoms with van der Waals surface area (Å²) in [6.45, 7) is 7.60. The molecular formula is C29H29Cl2N3O6. The van der Waals surface area contributed by atoms with Crippen molar-refractivity contribution in [3.8, 4) is 23.0 Å². The van der Waals surface area contributed by atoms with Crippen LogP contribution in [-0.4, -0.2) is 45.0 Å². The van der Waals surface area contributed by atoms with Gasteiger partial charge in [-0.3, -0.25) is 9.59 Å². The van der Waals surface area contributed by atoms with E-state index in [1.54, 1.807) is 61.5 Å². The fourth-order valence-corrected chi connectivity index (χ4v) is 3.83. The molecule has 3 aromatic carbocycles. The Kier molecular flexibility index (Phi) is 11.2. The van der Waals surface area contributed by atoms with Crippen LogP contribution in [0.3, 0.4) is 0 Å². The molecule has 0 unspecified atom stereocenters. The number of methoxy groups -OCH3 is 1. The third-order valence-electron chi connectivity index (χ3n) is 5.30. The Bertz CT molecular complexity index is 1410. The highest BCUT2D eigenvalue weighted by molar-refractivity contribution is 6.32. The van der Waals surface area contributed by atoms with Crippen molar-refractivity contribution in [2.24, 2.45) is 5.10 Å². The van der Waals surface area contributed by atoms with Crippen LogP contribution in [0, 0.1) is 6.92 Å². The third-order valence-corrected chi connectivity index (χ3v) is 5.99. The Morgan fingerprint density at radius 2 is 1.77 bits per heavy atom. The lowest BCUT2D eigenvalue weighted by Gasteiger charge is -2.14. The van der Waals surface area contributed by atoms with Gasteiger partial charge in [0.05, 0.1) is 25.0 Å². The van der Waals surface area contributed by atoms with Crippen LogP contribution in [0.4, 0.5) is 5.69 Å². The van der Waals surface area contributed by atoms with Gasteiger partial charge in [-0.2, -0.15) is 5.10 Å². The monoisotopic (exact) mass is 585 g/mol. The van der Waals surface area contributed by atoms with Gasteiger partial charge in [0.2, 0.25) is 0 Å². The Morgan fingerprint density at radius 3 is 2.48 bits per heavy atom. The topological polar surface area (TPSA) is 107 Å². The maximum atomic E-state index is 12.6. The van der Waals surface area contributed by atoms with Crippen LogP contribution >= 0.6 is 23.2 Å². The number of aryl methyl sites for hydroxylation is 1. The molecule has 0 spiro atoms. The predicted octanol–water partition coefficient (Wildman–Crippen LogP) is 6.06. The molecule has 0 heterocycles. The first-order valence-corrected chi connectivity index (χ1v) is 12.9. The van der Waals surface area contributed by atoms with E-state index in [2.05, 4.69) is 22.4 Å². The molecule has 3 aromatic rings. The largest absolute Gasteiger partial charge is 0.493 e. The van der Waals surface area contributed by atoms with Gasteiger partial charge >= 0.3 is 0 Å². The van der Waals surface area contributed by atoms with E-state index < -0.39 is 11.8 Å². The fraction of sp³-hybridized carbons (Fsp3) is 0.207. The van der Waals surface area contributed by atoms with E-state index in [9.17, 15) is 9.59 Å². The summed E-state index contributed by atoms with van der Waals surface area (Å²) < 4.78 is 22.1. The van der Waals surface area contributed by atoms with E-state index in [-0.39, 0.29) is 17.4 Å². The lowest BCUT2D eigenvalue weighted by Crippen LogP contribution is -2.20.